The SMILES string of the molecule is COC(=O)N(C)c1nccc(Nc2sc(-c3c(F)cc(CC(C)O)cc3F)cc2C(N)=O)n1. The van der Waals surface area contributed by atoms with Gasteiger partial charge >= 0.3 is 6.09 Å². The van der Waals surface area contributed by atoms with Crippen molar-refractivity contribution in [2.75, 3.05) is 24.4 Å². The molecule has 0 saturated carbocycles. The monoisotopic (exact) mass is 477 g/mol. The Bertz CT molecular complexity index is 1180. The molecule has 1 unspecified atom stereocenters. The maximum Gasteiger partial charge on any atom is 0.416 e. The predicted octanol–water partition coefficient (Wildman–Crippen LogP) is 3.45. The van der Waals surface area contributed by atoms with Crippen LogP contribution in [-0.4, -0.2) is 47.3 Å². The molecule has 33 heavy (non-hydrogen) atoms. The summed E-state index contributed by atoms with van der Waals surface area (Å²) in [4.78, 5) is 33.0. The van der Waals surface area contributed by atoms with E-state index in [0.29, 0.717) is 5.56 Å². The first-order chi connectivity index (χ1) is 15.6. The van der Waals surface area contributed by atoms with Gasteiger partial charge in [0.2, 0.25) is 5.95 Å². The van der Waals surface area contributed by atoms with Gasteiger partial charge in [-0.05, 0) is 43.2 Å². The van der Waals surface area contributed by atoms with Crippen molar-refractivity contribution in [2.24, 2.45) is 5.73 Å². The highest BCUT2D eigenvalue weighted by molar-refractivity contribution is 7.20. The fourth-order valence-electron chi connectivity index (χ4n) is 3.02. The third-order valence-electron chi connectivity index (χ3n) is 4.51. The highest BCUT2D eigenvalue weighted by Gasteiger charge is 2.22. The van der Waals surface area contributed by atoms with Crippen molar-refractivity contribution in [1.82, 2.24) is 9.97 Å². The number of aliphatic hydroxyl groups is 1. The number of ether oxygens (including phenoxy) is 1. The lowest BCUT2D eigenvalue weighted by atomic mass is 10.0. The standard InChI is InChI=1S/C21H21F2N5O4S/c1-10(29)6-11-7-13(22)17(14(23)8-11)15-9-12(18(24)30)19(33-15)26-16-4-5-25-20(27-16)28(2)21(31)32-3/h4-5,7-10,29H,6H2,1-3H3,(H2,24,30)(H,25,26,27). The summed E-state index contributed by atoms with van der Waals surface area (Å²) in [5, 5.41) is 12.6. The molecule has 1 aromatic carbocycles. The summed E-state index contributed by atoms with van der Waals surface area (Å²) in [6.45, 7) is 1.52. The first-order valence-corrected chi connectivity index (χ1v) is 10.4. The first kappa shape index (κ1) is 24.0. The molecule has 9 nitrogen and oxygen atoms in total. The van der Waals surface area contributed by atoms with Crippen molar-refractivity contribution in [3.05, 3.63) is 53.2 Å². The van der Waals surface area contributed by atoms with E-state index in [1.807, 2.05) is 0 Å². The van der Waals surface area contributed by atoms with Crippen molar-refractivity contribution in [2.45, 2.75) is 19.4 Å². The second-order valence-electron chi connectivity index (χ2n) is 7.10. The van der Waals surface area contributed by atoms with E-state index in [0.717, 1.165) is 28.4 Å². The van der Waals surface area contributed by atoms with Gasteiger partial charge in [0.05, 0.1) is 24.3 Å². The lowest BCUT2D eigenvalue weighted by Gasteiger charge is -2.14. The molecule has 1 atom stereocenters. The number of hydrogen-bond acceptors (Lipinski definition) is 8. The molecule has 0 aliphatic rings. The zero-order valence-corrected chi connectivity index (χ0v) is 18.7. The molecule has 0 aliphatic carbocycles. The van der Waals surface area contributed by atoms with Crippen LogP contribution in [0, 0.1) is 11.6 Å². The Balaban J connectivity index is 1.98. The van der Waals surface area contributed by atoms with Crippen molar-refractivity contribution >= 4 is 40.1 Å². The van der Waals surface area contributed by atoms with Crippen LogP contribution in [0.3, 0.4) is 0 Å². The van der Waals surface area contributed by atoms with E-state index in [9.17, 15) is 23.5 Å². The lowest BCUT2D eigenvalue weighted by molar-refractivity contribution is 0.100. The number of methoxy groups -OCH3 is 1. The minimum absolute atomic E-state index is 0.00309. The Morgan fingerprint density at radius 3 is 2.55 bits per heavy atom. The van der Waals surface area contributed by atoms with Crippen LogP contribution in [0.15, 0.2) is 30.5 Å². The van der Waals surface area contributed by atoms with Gasteiger partial charge in [-0.15, -0.1) is 11.3 Å². The van der Waals surface area contributed by atoms with Crippen LogP contribution in [0.5, 0.6) is 0 Å². The Morgan fingerprint density at radius 2 is 1.97 bits per heavy atom. The second kappa shape index (κ2) is 9.88. The number of amides is 2. The molecule has 4 N–H and O–H groups in total. The summed E-state index contributed by atoms with van der Waals surface area (Å²) < 4.78 is 34.1. The number of rotatable bonds is 7. The third-order valence-corrected chi connectivity index (χ3v) is 5.58. The number of aromatic nitrogens is 2. The number of primary amides is 1. The van der Waals surface area contributed by atoms with Gasteiger partial charge in [0.1, 0.15) is 22.5 Å². The molecule has 174 valence electrons. The Hall–Kier alpha value is -3.64. The van der Waals surface area contributed by atoms with Crippen LogP contribution in [-0.2, 0) is 11.2 Å². The summed E-state index contributed by atoms with van der Waals surface area (Å²) in [6, 6.07) is 5.04. The van der Waals surface area contributed by atoms with Gasteiger partial charge in [0, 0.05) is 18.1 Å². The number of anilines is 3. The first-order valence-electron chi connectivity index (χ1n) is 9.62. The molecule has 3 aromatic rings. The largest absolute Gasteiger partial charge is 0.452 e. The number of benzene rings is 1. The van der Waals surface area contributed by atoms with Crippen LogP contribution in [0.4, 0.5) is 30.3 Å². The second-order valence-corrected chi connectivity index (χ2v) is 8.15. The average molecular weight is 477 g/mol. The number of nitrogens with two attached hydrogens (primary N) is 1. The number of halogens is 2. The summed E-state index contributed by atoms with van der Waals surface area (Å²) in [5.41, 5.74) is 5.45. The van der Waals surface area contributed by atoms with Crippen molar-refractivity contribution in [1.29, 1.82) is 0 Å². The van der Waals surface area contributed by atoms with E-state index in [4.69, 9.17) is 5.73 Å². The fraction of sp³-hybridized carbons (Fsp3) is 0.238. The normalized spacial score (nSPS) is 11.7. The molecule has 2 aromatic heterocycles. The Kier molecular flexibility index (Phi) is 7.19. The molecule has 2 heterocycles. The van der Waals surface area contributed by atoms with Gasteiger partial charge in [-0.1, -0.05) is 0 Å². The molecule has 3 rings (SSSR count). The summed E-state index contributed by atoms with van der Waals surface area (Å²) in [6.07, 6.45) is 0.0227. The van der Waals surface area contributed by atoms with Crippen LogP contribution in [0.25, 0.3) is 10.4 Å². The number of carbonyl (C=O) groups is 2. The third kappa shape index (κ3) is 5.41. The minimum Gasteiger partial charge on any atom is -0.452 e. The molecule has 0 radical (unpaired) electrons. The topological polar surface area (TPSA) is 131 Å². The zero-order valence-electron chi connectivity index (χ0n) is 17.9. The van der Waals surface area contributed by atoms with Gasteiger partial charge in [-0.25, -0.2) is 23.5 Å². The molecule has 0 saturated heterocycles. The molecule has 0 spiro atoms. The Morgan fingerprint density at radius 1 is 1.30 bits per heavy atom. The zero-order chi connectivity index (χ0) is 24.3. The quantitative estimate of drug-likeness (QED) is 0.475. The van der Waals surface area contributed by atoms with Crippen LogP contribution in [0.1, 0.15) is 22.8 Å². The highest BCUT2D eigenvalue weighted by Crippen LogP contribution is 2.39. The number of nitrogens with zero attached hydrogens (tertiary/aromatic N) is 3. The molecular weight excluding hydrogens is 456 g/mol. The summed E-state index contributed by atoms with van der Waals surface area (Å²) in [7, 11) is 2.62. The molecule has 12 heteroatoms. The molecule has 0 aliphatic heterocycles. The predicted molar refractivity (Wildman–Crippen MR) is 120 cm³/mol. The van der Waals surface area contributed by atoms with Gasteiger partial charge in [-0.3, -0.25) is 4.79 Å². The van der Waals surface area contributed by atoms with Crippen molar-refractivity contribution in [3.63, 3.8) is 0 Å². The maximum atomic E-state index is 14.7. The van der Waals surface area contributed by atoms with Crippen molar-refractivity contribution < 1.29 is 28.2 Å². The van der Waals surface area contributed by atoms with Crippen LogP contribution >= 0.6 is 11.3 Å². The summed E-state index contributed by atoms with van der Waals surface area (Å²) >= 11 is 0.902. The number of thiophene rings is 1. The average Bonchev–Trinajstić information content (AvgIpc) is 3.15. The van der Waals surface area contributed by atoms with E-state index < -0.39 is 29.7 Å². The number of aliphatic hydroxyl groups excluding tert-OH is 1. The van der Waals surface area contributed by atoms with Gasteiger partial charge in [0.25, 0.3) is 5.91 Å². The van der Waals surface area contributed by atoms with Crippen LogP contribution in [0.2, 0.25) is 0 Å². The minimum atomic E-state index is -0.835. The highest BCUT2D eigenvalue weighted by atomic mass is 32.1. The summed E-state index contributed by atoms with van der Waals surface area (Å²) in [5.74, 6) is -2.25. The smallest absolute Gasteiger partial charge is 0.416 e. The van der Waals surface area contributed by atoms with Gasteiger partial charge < -0.3 is 20.9 Å². The van der Waals surface area contributed by atoms with E-state index >= 15 is 0 Å². The lowest BCUT2D eigenvalue weighted by Crippen LogP contribution is -2.27. The van der Waals surface area contributed by atoms with E-state index in [-0.39, 0.29) is 39.2 Å². The van der Waals surface area contributed by atoms with Crippen LogP contribution < -0.4 is 16.0 Å². The Labute approximate surface area is 191 Å². The maximum absolute atomic E-state index is 14.7. The van der Waals surface area contributed by atoms with Crippen molar-refractivity contribution in [3.8, 4) is 10.4 Å². The molecule has 2 amide bonds. The van der Waals surface area contributed by atoms with E-state index in [1.165, 1.54) is 39.4 Å². The molecular formula is C21H21F2N5O4S. The number of nitrogens with one attached hydrogen (secondary N) is 1. The fourth-order valence-corrected chi connectivity index (χ4v) is 4.14. The number of hydrogen-bond donors (Lipinski definition) is 3. The number of carbonyl (C=O) groups excluding carboxylic acids is 2. The van der Waals surface area contributed by atoms with E-state index in [1.54, 1.807) is 0 Å². The molecule has 0 fully saturated rings. The molecule has 0 bridgehead atoms. The van der Waals surface area contributed by atoms with Gasteiger partial charge in [-0.2, -0.15) is 4.98 Å². The van der Waals surface area contributed by atoms with Gasteiger partial charge in [0.15, 0.2) is 0 Å². The van der Waals surface area contributed by atoms with E-state index in [2.05, 4.69) is 20.0 Å².